The Bertz CT molecular complexity index is 1010. The first-order chi connectivity index (χ1) is 14.8. The van der Waals surface area contributed by atoms with Crippen LogP contribution < -0.4 is 14.5 Å². The lowest BCUT2D eigenvalue weighted by Crippen LogP contribution is -2.19. The molecule has 1 aliphatic rings. The van der Waals surface area contributed by atoms with Crippen LogP contribution in [0.15, 0.2) is 84.1 Å². The first kappa shape index (κ1) is 19.7. The van der Waals surface area contributed by atoms with Gasteiger partial charge < -0.3 is 9.47 Å². The van der Waals surface area contributed by atoms with Gasteiger partial charge in [0.25, 0.3) is 0 Å². The standard InChI is InChI=1S/C25H25N3O2/c1-3-30-23-15-10-20(11-16-23)24-18-21(27-28(24)25-6-4-5-17-26-25)12-7-19-8-13-22(29-2)14-9-19/h4-17,24H,3,18H2,1-2H3. The van der Waals surface area contributed by atoms with Crippen molar-refractivity contribution >= 4 is 17.6 Å². The maximum Gasteiger partial charge on any atom is 0.149 e. The van der Waals surface area contributed by atoms with E-state index >= 15 is 0 Å². The molecule has 0 aliphatic carbocycles. The summed E-state index contributed by atoms with van der Waals surface area (Å²) < 4.78 is 10.8. The van der Waals surface area contributed by atoms with Gasteiger partial charge in [0, 0.05) is 12.6 Å². The number of aromatic nitrogens is 1. The van der Waals surface area contributed by atoms with Gasteiger partial charge in [0.15, 0.2) is 0 Å². The molecule has 0 saturated heterocycles. The number of allylic oxidation sites excluding steroid dienone is 1. The molecule has 5 nitrogen and oxygen atoms in total. The maximum absolute atomic E-state index is 5.59. The lowest BCUT2D eigenvalue weighted by molar-refractivity contribution is 0.340. The summed E-state index contributed by atoms with van der Waals surface area (Å²) in [6.07, 6.45) is 6.75. The van der Waals surface area contributed by atoms with Crippen molar-refractivity contribution in [3.05, 3.63) is 90.1 Å². The van der Waals surface area contributed by atoms with E-state index in [2.05, 4.69) is 29.3 Å². The van der Waals surface area contributed by atoms with Crippen molar-refractivity contribution in [2.45, 2.75) is 19.4 Å². The zero-order valence-electron chi connectivity index (χ0n) is 17.2. The number of anilines is 1. The Hall–Kier alpha value is -3.60. The predicted octanol–water partition coefficient (Wildman–Crippen LogP) is 5.51. The number of rotatable bonds is 7. The summed E-state index contributed by atoms with van der Waals surface area (Å²) in [5.41, 5.74) is 3.29. The number of methoxy groups -OCH3 is 1. The number of pyridine rings is 1. The molecule has 4 rings (SSSR count). The molecule has 3 aromatic rings. The fourth-order valence-electron chi connectivity index (χ4n) is 3.45. The van der Waals surface area contributed by atoms with Gasteiger partial charge in [-0.05, 0) is 60.5 Å². The highest BCUT2D eigenvalue weighted by atomic mass is 16.5. The smallest absolute Gasteiger partial charge is 0.149 e. The molecule has 2 aromatic carbocycles. The highest BCUT2D eigenvalue weighted by Crippen LogP contribution is 2.35. The van der Waals surface area contributed by atoms with E-state index < -0.39 is 0 Å². The van der Waals surface area contributed by atoms with Crippen LogP contribution in [0.2, 0.25) is 0 Å². The zero-order valence-corrected chi connectivity index (χ0v) is 17.2. The number of ether oxygens (including phenoxy) is 2. The van der Waals surface area contributed by atoms with Gasteiger partial charge >= 0.3 is 0 Å². The molecule has 0 fully saturated rings. The molecule has 1 atom stereocenters. The Balaban J connectivity index is 1.58. The molecule has 0 radical (unpaired) electrons. The molecule has 0 saturated carbocycles. The van der Waals surface area contributed by atoms with Gasteiger partial charge in [-0.1, -0.05) is 36.4 Å². The van der Waals surface area contributed by atoms with Crippen molar-refractivity contribution in [2.75, 3.05) is 18.7 Å². The quantitative estimate of drug-likeness (QED) is 0.526. The van der Waals surface area contributed by atoms with E-state index in [4.69, 9.17) is 14.6 Å². The van der Waals surface area contributed by atoms with Crippen LogP contribution in [-0.2, 0) is 0 Å². The molecular weight excluding hydrogens is 374 g/mol. The SMILES string of the molecule is CCOc1ccc(C2CC(C=Cc3ccc(OC)cc3)=NN2c2ccccn2)cc1. The summed E-state index contributed by atoms with van der Waals surface area (Å²) in [5, 5.41) is 6.87. The highest BCUT2D eigenvalue weighted by Gasteiger charge is 2.28. The van der Waals surface area contributed by atoms with Crippen molar-refractivity contribution in [3.63, 3.8) is 0 Å². The topological polar surface area (TPSA) is 47.0 Å². The van der Waals surface area contributed by atoms with Gasteiger partial charge in [0.05, 0.1) is 25.5 Å². The van der Waals surface area contributed by atoms with E-state index in [0.717, 1.165) is 35.0 Å². The van der Waals surface area contributed by atoms with Gasteiger partial charge in [0.2, 0.25) is 0 Å². The van der Waals surface area contributed by atoms with E-state index in [9.17, 15) is 0 Å². The lowest BCUT2D eigenvalue weighted by Gasteiger charge is -2.23. The maximum atomic E-state index is 5.59. The second kappa shape index (κ2) is 9.27. The fraction of sp³-hybridized carbons (Fsp3) is 0.200. The van der Waals surface area contributed by atoms with Crippen LogP contribution in [0.5, 0.6) is 11.5 Å². The number of hydrogen-bond donors (Lipinski definition) is 0. The summed E-state index contributed by atoms with van der Waals surface area (Å²) in [6.45, 7) is 2.65. The molecule has 0 spiro atoms. The Morgan fingerprint density at radius 3 is 2.40 bits per heavy atom. The first-order valence-corrected chi connectivity index (χ1v) is 10.1. The number of nitrogens with zero attached hydrogens (tertiary/aromatic N) is 3. The second-order valence-electron chi connectivity index (χ2n) is 6.95. The molecule has 0 amide bonds. The largest absolute Gasteiger partial charge is 0.497 e. The van der Waals surface area contributed by atoms with Crippen LogP contribution >= 0.6 is 0 Å². The molecular formula is C25H25N3O2. The van der Waals surface area contributed by atoms with Crippen LogP contribution in [0.25, 0.3) is 6.08 Å². The Morgan fingerprint density at radius 2 is 1.73 bits per heavy atom. The summed E-state index contributed by atoms with van der Waals surface area (Å²) in [4.78, 5) is 4.51. The van der Waals surface area contributed by atoms with Crippen LogP contribution in [0.4, 0.5) is 5.82 Å². The Kier molecular flexibility index (Phi) is 6.09. The number of hydrogen-bond acceptors (Lipinski definition) is 5. The van der Waals surface area contributed by atoms with E-state index in [-0.39, 0.29) is 6.04 Å². The van der Waals surface area contributed by atoms with Crippen LogP contribution in [0.1, 0.15) is 30.5 Å². The molecule has 1 unspecified atom stereocenters. The molecule has 1 aliphatic heterocycles. The van der Waals surface area contributed by atoms with Gasteiger partial charge in [-0.3, -0.25) is 0 Å². The normalized spacial score (nSPS) is 16.0. The van der Waals surface area contributed by atoms with Gasteiger partial charge in [0.1, 0.15) is 17.3 Å². The van der Waals surface area contributed by atoms with Crippen LogP contribution in [0, 0.1) is 0 Å². The van der Waals surface area contributed by atoms with Crippen molar-refractivity contribution in [1.82, 2.24) is 4.98 Å². The minimum absolute atomic E-state index is 0.0890. The molecule has 0 bridgehead atoms. The van der Waals surface area contributed by atoms with E-state index in [1.807, 2.05) is 66.5 Å². The predicted molar refractivity (Wildman–Crippen MR) is 121 cm³/mol. The third kappa shape index (κ3) is 4.51. The highest BCUT2D eigenvalue weighted by molar-refractivity contribution is 6.01. The number of benzene rings is 2. The first-order valence-electron chi connectivity index (χ1n) is 10.1. The van der Waals surface area contributed by atoms with Crippen molar-refractivity contribution in [1.29, 1.82) is 0 Å². The molecule has 30 heavy (non-hydrogen) atoms. The third-order valence-electron chi connectivity index (χ3n) is 4.98. The van der Waals surface area contributed by atoms with Gasteiger partial charge in [-0.25, -0.2) is 9.99 Å². The lowest BCUT2D eigenvalue weighted by atomic mass is 10.0. The average molecular weight is 399 g/mol. The Labute approximate surface area is 177 Å². The minimum Gasteiger partial charge on any atom is -0.497 e. The summed E-state index contributed by atoms with van der Waals surface area (Å²) in [7, 11) is 1.67. The molecule has 0 N–H and O–H groups in total. The molecule has 1 aromatic heterocycles. The second-order valence-corrected chi connectivity index (χ2v) is 6.95. The van der Waals surface area contributed by atoms with Crippen molar-refractivity contribution < 1.29 is 9.47 Å². The van der Waals surface area contributed by atoms with E-state index in [1.165, 1.54) is 5.56 Å². The molecule has 152 valence electrons. The summed E-state index contributed by atoms with van der Waals surface area (Å²) in [5.74, 6) is 2.57. The van der Waals surface area contributed by atoms with Crippen molar-refractivity contribution in [3.8, 4) is 11.5 Å². The Morgan fingerprint density at radius 1 is 0.967 bits per heavy atom. The van der Waals surface area contributed by atoms with Crippen molar-refractivity contribution in [2.24, 2.45) is 5.10 Å². The third-order valence-corrected chi connectivity index (χ3v) is 4.98. The average Bonchev–Trinajstić information content (AvgIpc) is 3.24. The summed E-state index contributed by atoms with van der Waals surface area (Å²) in [6, 6.07) is 22.2. The van der Waals surface area contributed by atoms with E-state index in [1.54, 1.807) is 13.3 Å². The van der Waals surface area contributed by atoms with Crippen LogP contribution in [0.3, 0.4) is 0 Å². The summed E-state index contributed by atoms with van der Waals surface area (Å²) >= 11 is 0. The van der Waals surface area contributed by atoms with Gasteiger partial charge in [-0.15, -0.1) is 0 Å². The monoisotopic (exact) mass is 399 g/mol. The molecule has 5 heteroatoms. The molecule has 2 heterocycles. The fourth-order valence-corrected chi connectivity index (χ4v) is 3.45. The minimum atomic E-state index is 0.0890. The zero-order chi connectivity index (χ0) is 20.8. The number of hydrazone groups is 1. The van der Waals surface area contributed by atoms with Crippen LogP contribution in [-0.4, -0.2) is 24.4 Å². The van der Waals surface area contributed by atoms with E-state index in [0.29, 0.717) is 6.61 Å². The van der Waals surface area contributed by atoms with Gasteiger partial charge in [-0.2, -0.15) is 5.10 Å².